The first kappa shape index (κ1) is 18.4. The zero-order valence-electron chi connectivity index (χ0n) is 14.2. The van der Waals surface area contributed by atoms with E-state index in [0.717, 1.165) is 12.0 Å². The second-order valence-corrected chi connectivity index (χ2v) is 8.30. The molecule has 2 unspecified atom stereocenters. The Hall–Kier alpha value is -0.950. The van der Waals surface area contributed by atoms with E-state index in [-0.39, 0.29) is 5.92 Å². The smallest absolute Gasteiger partial charge is 0.243 e. The lowest BCUT2D eigenvalue weighted by molar-refractivity contribution is -0.0679. The second kappa shape index (κ2) is 7.30. The predicted molar refractivity (Wildman–Crippen MR) is 89.8 cm³/mol. The van der Waals surface area contributed by atoms with Crippen LogP contribution < -0.4 is 0 Å². The van der Waals surface area contributed by atoms with Gasteiger partial charge in [-0.15, -0.1) is 0 Å². The van der Waals surface area contributed by atoms with Gasteiger partial charge in [0.15, 0.2) is 0 Å². The van der Waals surface area contributed by atoms with Crippen LogP contribution in [0.25, 0.3) is 0 Å². The summed E-state index contributed by atoms with van der Waals surface area (Å²) in [6, 6.07) is 7.06. The van der Waals surface area contributed by atoms with E-state index >= 15 is 0 Å². The van der Waals surface area contributed by atoms with Gasteiger partial charge in [0.05, 0.1) is 10.5 Å². The molecule has 0 saturated carbocycles. The summed E-state index contributed by atoms with van der Waals surface area (Å²) in [6.45, 7) is 5.08. The molecule has 5 nitrogen and oxygen atoms in total. The summed E-state index contributed by atoms with van der Waals surface area (Å²) < 4.78 is 32.1. The summed E-state index contributed by atoms with van der Waals surface area (Å²) in [5.41, 5.74) is 0.263. The Bertz CT molecular complexity index is 614. The Kier molecular flexibility index (Phi) is 5.84. The quantitative estimate of drug-likeness (QED) is 0.860. The molecule has 1 fully saturated rings. The highest BCUT2D eigenvalue weighted by Gasteiger charge is 2.42. The van der Waals surface area contributed by atoms with Crippen LogP contribution in [0.15, 0.2) is 29.2 Å². The molecule has 1 aliphatic rings. The number of aryl methyl sites for hydroxylation is 1. The third-order valence-corrected chi connectivity index (χ3v) is 6.78. The summed E-state index contributed by atoms with van der Waals surface area (Å²) >= 11 is 0. The van der Waals surface area contributed by atoms with Crippen LogP contribution in [0.3, 0.4) is 0 Å². The fourth-order valence-electron chi connectivity index (χ4n) is 3.05. The fourth-order valence-corrected chi connectivity index (χ4v) is 4.58. The van der Waals surface area contributed by atoms with Crippen molar-refractivity contribution in [3.8, 4) is 0 Å². The van der Waals surface area contributed by atoms with Crippen molar-refractivity contribution in [1.82, 2.24) is 4.31 Å². The number of benzene rings is 1. The number of aliphatic hydroxyl groups is 1. The summed E-state index contributed by atoms with van der Waals surface area (Å²) in [5, 5.41) is 10.7. The Morgan fingerprint density at radius 3 is 2.52 bits per heavy atom. The summed E-state index contributed by atoms with van der Waals surface area (Å²) in [4.78, 5) is 0.323. The molecule has 1 N–H and O–H groups in total. The minimum atomic E-state index is -3.50. The lowest BCUT2D eigenvalue weighted by Crippen LogP contribution is -2.52. The van der Waals surface area contributed by atoms with Crippen LogP contribution in [0.1, 0.15) is 32.3 Å². The van der Waals surface area contributed by atoms with E-state index in [2.05, 4.69) is 0 Å². The van der Waals surface area contributed by atoms with Gasteiger partial charge >= 0.3 is 0 Å². The molecule has 0 spiro atoms. The first-order valence-electron chi connectivity index (χ1n) is 8.14. The fraction of sp³-hybridized carbons (Fsp3) is 0.647. The van der Waals surface area contributed by atoms with Crippen LogP contribution >= 0.6 is 0 Å². The molecule has 0 amide bonds. The predicted octanol–water partition coefficient (Wildman–Crippen LogP) is 2.05. The average Bonchev–Trinajstić information content (AvgIpc) is 2.55. The van der Waals surface area contributed by atoms with Crippen molar-refractivity contribution in [2.45, 2.75) is 43.6 Å². The molecular weight excluding hydrogens is 314 g/mol. The van der Waals surface area contributed by atoms with E-state index in [1.54, 1.807) is 19.2 Å². The summed E-state index contributed by atoms with van der Waals surface area (Å²) in [5.74, 6) is -0.129. The van der Waals surface area contributed by atoms with Crippen molar-refractivity contribution < 1.29 is 18.3 Å². The maximum Gasteiger partial charge on any atom is 0.243 e. The molecule has 2 atom stereocenters. The van der Waals surface area contributed by atoms with Gasteiger partial charge in [-0.2, -0.15) is 4.31 Å². The van der Waals surface area contributed by atoms with Crippen molar-refractivity contribution in [2.75, 3.05) is 26.8 Å². The number of ether oxygens (including phenoxy) is 1. The standard InChI is InChI=1S/C17H27NO4S/c1-4-15-5-7-16(8-6-15)23(20,21)18-11-9-17(19,10-12-22-3)14(2)13-18/h5-8,14,19H,4,9-13H2,1-3H3. The summed E-state index contributed by atoms with van der Waals surface area (Å²) in [6.07, 6.45) is 1.85. The molecule has 6 heteroatoms. The van der Waals surface area contributed by atoms with E-state index < -0.39 is 15.6 Å². The molecule has 2 rings (SSSR count). The summed E-state index contributed by atoms with van der Waals surface area (Å²) in [7, 11) is -1.89. The van der Waals surface area contributed by atoms with Gasteiger partial charge in [-0.3, -0.25) is 0 Å². The first-order valence-corrected chi connectivity index (χ1v) is 9.58. The molecule has 0 aliphatic carbocycles. The van der Waals surface area contributed by atoms with Crippen LogP contribution in [-0.2, 0) is 21.2 Å². The molecule has 23 heavy (non-hydrogen) atoms. The third-order valence-electron chi connectivity index (χ3n) is 4.90. The second-order valence-electron chi connectivity index (χ2n) is 6.36. The lowest BCUT2D eigenvalue weighted by atomic mass is 9.81. The molecule has 1 aromatic carbocycles. The molecule has 1 aromatic rings. The number of piperidine rings is 1. The molecule has 1 heterocycles. The van der Waals surface area contributed by atoms with Crippen LogP contribution in [0.4, 0.5) is 0 Å². The number of hydrogen-bond acceptors (Lipinski definition) is 4. The highest BCUT2D eigenvalue weighted by molar-refractivity contribution is 7.89. The maximum absolute atomic E-state index is 12.8. The van der Waals surface area contributed by atoms with E-state index in [0.29, 0.717) is 37.4 Å². The van der Waals surface area contributed by atoms with Gasteiger partial charge in [0.2, 0.25) is 10.0 Å². The zero-order chi connectivity index (χ0) is 17.1. The van der Waals surface area contributed by atoms with Crippen LogP contribution in [-0.4, -0.2) is 50.2 Å². The number of methoxy groups -OCH3 is 1. The number of rotatable bonds is 6. The molecule has 130 valence electrons. The van der Waals surface area contributed by atoms with E-state index in [1.807, 2.05) is 26.0 Å². The van der Waals surface area contributed by atoms with Gasteiger partial charge in [-0.25, -0.2) is 8.42 Å². The highest BCUT2D eigenvalue weighted by atomic mass is 32.2. The van der Waals surface area contributed by atoms with Crippen LogP contribution in [0, 0.1) is 5.92 Å². The van der Waals surface area contributed by atoms with Gasteiger partial charge < -0.3 is 9.84 Å². The SMILES string of the molecule is CCc1ccc(S(=O)(=O)N2CCC(O)(CCOC)C(C)C2)cc1. The van der Waals surface area contributed by atoms with Gasteiger partial charge in [0.1, 0.15) is 0 Å². The Balaban J connectivity index is 2.13. The third kappa shape index (κ3) is 3.94. The number of nitrogens with zero attached hydrogens (tertiary/aromatic N) is 1. The van der Waals surface area contributed by atoms with Gasteiger partial charge in [0.25, 0.3) is 0 Å². The largest absolute Gasteiger partial charge is 0.389 e. The van der Waals surface area contributed by atoms with Crippen molar-refractivity contribution in [1.29, 1.82) is 0 Å². The van der Waals surface area contributed by atoms with E-state index in [4.69, 9.17) is 4.74 Å². The molecule has 0 bridgehead atoms. The van der Waals surface area contributed by atoms with E-state index in [9.17, 15) is 13.5 Å². The average molecular weight is 341 g/mol. The van der Waals surface area contributed by atoms with Gasteiger partial charge in [-0.05, 0) is 42.9 Å². The highest BCUT2D eigenvalue weighted by Crippen LogP contribution is 2.33. The molecular formula is C17H27NO4S. The minimum absolute atomic E-state index is 0.129. The Morgan fingerprint density at radius 1 is 1.35 bits per heavy atom. The van der Waals surface area contributed by atoms with Crippen molar-refractivity contribution >= 4 is 10.0 Å². The first-order chi connectivity index (χ1) is 10.8. The lowest BCUT2D eigenvalue weighted by Gasteiger charge is -2.42. The zero-order valence-corrected chi connectivity index (χ0v) is 15.0. The topological polar surface area (TPSA) is 66.8 Å². The van der Waals surface area contributed by atoms with E-state index in [1.165, 1.54) is 4.31 Å². The van der Waals surface area contributed by atoms with Crippen LogP contribution in [0.5, 0.6) is 0 Å². The maximum atomic E-state index is 12.8. The molecule has 0 aromatic heterocycles. The number of sulfonamides is 1. The minimum Gasteiger partial charge on any atom is -0.389 e. The molecule has 0 radical (unpaired) electrons. The normalized spacial score (nSPS) is 26.3. The number of hydrogen-bond donors (Lipinski definition) is 1. The Labute approximate surface area is 139 Å². The molecule has 1 saturated heterocycles. The van der Waals surface area contributed by atoms with Crippen molar-refractivity contribution in [3.05, 3.63) is 29.8 Å². The van der Waals surface area contributed by atoms with Crippen molar-refractivity contribution in [2.24, 2.45) is 5.92 Å². The van der Waals surface area contributed by atoms with Gasteiger partial charge in [0, 0.05) is 26.8 Å². The Morgan fingerprint density at radius 2 is 2.00 bits per heavy atom. The van der Waals surface area contributed by atoms with Crippen LogP contribution in [0.2, 0.25) is 0 Å². The van der Waals surface area contributed by atoms with Gasteiger partial charge in [-0.1, -0.05) is 26.0 Å². The van der Waals surface area contributed by atoms with Crippen molar-refractivity contribution in [3.63, 3.8) is 0 Å². The molecule has 1 aliphatic heterocycles. The monoisotopic (exact) mass is 341 g/mol.